The van der Waals surface area contributed by atoms with Crippen LogP contribution in [0, 0.1) is 25.7 Å². The maximum Gasteiger partial charge on any atom is 0.266 e. The first kappa shape index (κ1) is 34.2. The first-order valence-corrected chi connectivity index (χ1v) is 17.2. The van der Waals surface area contributed by atoms with Crippen LogP contribution in [0.2, 0.25) is 0 Å². The van der Waals surface area contributed by atoms with Gasteiger partial charge in [0.05, 0.1) is 33.6 Å². The van der Waals surface area contributed by atoms with Gasteiger partial charge in [-0.05, 0) is 72.5 Å². The number of nitrogens with zero attached hydrogens (tertiary/aromatic N) is 2. The first-order valence-electron chi connectivity index (χ1n) is 17.2. The van der Waals surface area contributed by atoms with Crippen LogP contribution in [-0.4, -0.2) is 35.2 Å². The molecule has 0 radical (unpaired) electrons. The molecule has 258 valence electrons. The lowest BCUT2D eigenvalue weighted by atomic mass is 9.92. The molecule has 7 rings (SSSR count). The second-order valence-electron chi connectivity index (χ2n) is 14.1. The Labute approximate surface area is 301 Å². The van der Waals surface area contributed by atoms with E-state index in [0.29, 0.717) is 0 Å². The van der Waals surface area contributed by atoms with Crippen LogP contribution in [0.5, 0.6) is 0 Å². The number of amides is 4. The zero-order valence-corrected chi connectivity index (χ0v) is 29.7. The summed E-state index contributed by atoms with van der Waals surface area (Å²) in [6.45, 7) is 10.6. The lowest BCUT2D eigenvalue weighted by molar-refractivity contribution is 0.0900. The third-order valence-electron chi connectivity index (χ3n) is 9.72. The molecule has 0 saturated carbocycles. The number of rotatable bonds is 8. The highest BCUT2D eigenvalue weighted by atomic mass is 16.2. The van der Waals surface area contributed by atoms with Crippen molar-refractivity contribution in [3.8, 4) is 22.3 Å². The molecule has 2 aliphatic heterocycles. The van der Waals surface area contributed by atoms with Gasteiger partial charge in [0.25, 0.3) is 23.6 Å². The number of aryl methyl sites for hydroxylation is 2. The van der Waals surface area contributed by atoms with Crippen molar-refractivity contribution in [3.05, 3.63) is 142 Å². The van der Waals surface area contributed by atoms with Gasteiger partial charge in [0, 0.05) is 23.0 Å². The van der Waals surface area contributed by atoms with Gasteiger partial charge in [0.15, 0.2) is 11.6 Å². The quantitative estimate of drug-likeness (QED) is 0.119. The molecular formula is C44H36N2O6. The summed E-state index contributed by atoms with van der Waals surface area (Å²) in [4.78, 5) is 86.1. The van der Waals surface area contributed by atoms with E-state index in [-0.39, 0.29) is 44.8 Å². The molecule has 0 fully saturated rings. The molecule has 0 atom stereocenters. The van der Waals surface area contributed by atoms with E-state index in [2.05, 4.69) is 0 Å². The van der Waals surface area contributed by atoms with Crippen molar-refractivity contribution in [2.45, 2.75) is 41.5 Å². The molecule has 2 heterocycles. The van der Waals surface area contributed by atoms with Gasteiger partial charge >= 0.3 is 0 Å². The van der Waals surface area contributed by atoms with E-state index in [9.17, 15) is 28.8 Å². The number of benzene rings is 5. The van der Waals surface area contributed by atoms with Crippen LogP contribution in [0.25, 0.3) is 22.3 Å². The van der Waals surface area contributed by atoms with Crippen molar-refractivity contribution in [2.24, 2.45) is 11.8 Å². The second-order valence-corrected chi connectivity index (χ2v) is 14.1. The van der Waals surface area contributed by atoms with E-state index in [4.69, 9.17) is 0 Å². The fourth-order valence-corrected chi connectivity index (χ4v) is 6.73. The number of anilines is 2. The fraction of sp³-hybridized carbons (Fsp3) is 0.182. The van der Waals surface area contributed by atoms with Crippen molar-refractivity contribution in [1.29, 1.82) is 0 Å². The SMILES string of the molecule is Cc1ccc(-c2ccc3c(c2)C(=O)N(c2cc(C(=O)C(C)C)c(N4C(=O)c5ccc(-c6ccc(C)cc6)cc5C4=O)cc2C(=O)C(C)C)C3=O)cc1. The molecule has 0 bridgehead atoms. The molecule has 4 amide bonds. The van der Waals surface area contributed by atoms with Crippen LogP contribution < -0.4 is 9.80 Å². The Morgan fingerprint density at radius 3 is 1.06 bits per heavy atom. The number of imide groups is 2. The van der Waals surface area contributed by atoms with Crippen molar-refractivity contribution in [3.63, 3.8) is 0 Å². The molecule has 5 aromatic carbocycles. The van der Waals surface area contributed by atoms with E-state index in [1.807, 2.05) is 62.4 Å². The summed E-state index contributed by atoms with van der Waals surface area (Å²) in [5.74, 6) is -4.65. The number of fused-ring (bicyclic) bond motifs is 2. The third kappa shape index (κ3) is 5.57. The lowest BCUT2D eigenvalue weighted by Crippen LogP contribution is -2.34. The van der Waals surface area contributed by atoms with Crippen molar-refractivity contribution < 1.29 is 28.8 Å². The summed E-state index contributed by atoms with van der Waals surface area (Å²) in [5, 5.41) is 0. The summed E-state index contributed by atoms with van der Waals surface area (Å²) < 4.78 is 0. The Morgan fingerprint density at radius 2 is 0.731 bits per heavy atom. The normalized spacial score (nSPS) is 13.8. The van der Waals surface area contributed by atoms with Crippen LogP contribution in [0.3, 0.4) is 0 Å². The molecule has 8 heteroatoms. The second kappa shape index (κ2) is 12.8. The highest BCUT2D eigenvalue weighted by Crippen LogP contribution is 2.41. The van der Waals surface area contributed by atoms with Crippen molar-refractivity contribution >= 4 is 46.6 Å². The van der Waals surface area contributed by atoms with E-state index < -0.39 is 47.0 Å². The van der Waals surface area contributed by atoms with Gasteiger partial charge in [-0.25, -0.2) is 9.80 Å². The molecule has 0 saturated heterocycles. The fourth-order valence-electron chi connectivity index (χ4n) is 6.73. The van der Waals surface area contributed by atoms with Gasteiger partial charge < -0.3 is 0 Å². The number of hydrogen-bond donors (Lipinski definition) is 0. The molecule has 0 aliphatic carbocycles. The average Bonchev–Trinajstić information content (AvgIpc) is 3.53. The van der Waals surface area contributed by atoms with Crippen LogP contribution in [0.15, 0.2) is 97.1 Å². The zero-order chi connectivity index (χ0) is 37.2. The standard InChI is InChI=1S/C44H36N2O6/c1-23(2)39(47)35-21-38(46-42(50)32-18-16-30(20-34(32)44(46)52)28-13-9-26(6)10-14-28)36(40(48)24(3)4)22-37(35)45-41(49)31-17-15-29(19-33(31)43(45)51)27-11-7-25(5)8-12-27/h7-24H,1-6H3. The van der Waals surface area contributed by atoms with Gasteiger partial charge in [-0.1, -0.05) is 99.5 Å². The molecule has 2 aliphatic rings. The van der Waals surface area contributed by atoms with Gasteiger partial charge in [-0.15, -0.1) is 0 Å². The van der Waals surface area contributed by atoms with Gasteiger partial charge in [-0.3, -0.25) is 28.8 Å². The predicted octanol–water partition coefficient (Wildman–Crippen LogP) is 8.92. The Bertz CT molecular complexity index is 2220. The van der Waals surface area contributed by atoms with Crippen molar-refractivity contribution in [1.82, 2.24) is 0 Å². The minimum Gasteiger partial charge on any atom is -0.294 e. The molecule has 8 nitrogen and oxygen atoms in total. The summed E-state index contributed by atoms with van der Waals surface area (Å²) in [6.07, 6.45) is 0. The van der Waals surface area contributed by atoms with Gasteiger partial charge in [-0.2, -0.15) is 0 Å². The van der Waals surface area contributed by atoms with Crippen LogP contribution in [-0.2, 0) is 0 Å². The summed E-state index contributed by atoms with van der Waals surface area (Å²) in [5.41, 5.74) is 5.74. The minimum atomic E-state index is -0.646. The first-order chi connectivity index (χ1) is 24.8. The monoisotopic (exact) mass is 688 g/mol. The Morgan fingerprint density at radius 1 is 0.423 bits per heavy atom. The average molecular weight is 689 g/mol. The van der Waals surface area contributed by atoms with Gasteiger partial charge in [0.1, 0.15) is 0 Å². The molecule has 5 aromatic rings. The summed E-state index contributed by atoms with van der Waals surface area (Å²) in [6, 6.07) is 28.2. The number of hydrogen-bond acceptors (Lipinski definition) is 6. The number of Topliss-reactive ketones (excluding diaryl/α,β-unsaturated/α-hetero) is 2. The van der Waals surface area contributed by atoms with E-state index in [0.717, 1.165) is 43.2 Å². The zero-order valence-electron chi connectivity index (χ0n) is 29.7. The number of carbonyl (C=O) groups is 6. The molecule has 0 N–H and O–H groups in total. The summed E-state index contributed by atoms with van der Waals surface area (Å²) in [7, 11) is 0. The number of carbonyl (C=O) groups excluding carboxylic acids is 6. The topological polar surface area (TPSA) is 109 Å². The Hall–Kier alpha value is -6.28. The third-order valence-corrected chi connectivity index (χ3v) is 9.72. The molecular weight excluding hydrogens is 652 g/mol. The molecule has 0 unspecified atom stereocenters. The van der Waals surface area contributed by atoms with Crippen LogP contribution >= 0.6 is 0 Å². The number of ketones is 2. The Balaban J connectivity index is 1.37. The van der Waals surface area contributed by atoms with Crippen LogP contribution in [0.1, 0.15) is 101 Å². The molecule has 52 heavy (non-hydrogen) atoms. The maximum atomic E-state index is 14.2. The summed E-state index contributed by atoms with van der Waals surface area (Å²) >= 11 is 0. The van der Waals surface area contributed by atoms with E-state index in [1.54, 1.807) is 64.1 Å². The largest absolute Gasteiger partial charge is 0.294 e. The highest BCUT2D eigenvalue weighted by Gasteiger charge is 2.43. The smallest absolute Gasteiger partial charge is 0.266 e. The molecule has 0 spiro atoms. The predicted molar refractivity (Wildman–Crippen MR) is 200 cm³/mol. The maximum absolute atomic E-state index is 14.2. The highest BCUT2D eigenvalue weighted by molar-refractivity contribution is 6.38. The molecule has 0 aromatic heterocycles. The van der Waals surface area contributed by atoms with Gasteiger partial charge in [0.2, 0.25) is 0 Å². The minimum absolute atomic E-state index is 0.0597. The van der Waals surface area contributed by atoms with E-state index in [1.165, 1.54) is 12.1 Å². The Kier molecular flexibility index (Phi) is 8.41. The lowest BCUT2D eigenvalue weighted by Gasteiger charge is -2.25. The van der Waals surface area contributed by atoms with Crippen molar-refractivity contribution in [2.75, 3.05) is 9.80 Å². The van der Waals surface area contributed by atoms with Crippen LogP contribution in [0.4, 0.5) is 11.4 Å². The van der Waals surface area contributed by atoms with E-state index >= 15 is 0 Å².